The van der Waals surface area contributed by atoms with Gasteiger partial charge in [-0.3, -0.25) is 4.79 Å². The average Bonchev–Trinajstić information content (AvgIpc) is 2.19. The van der Waals surface area contributed by atoms with E-state index in [0.29, 0.717) is 6.54 Å². The van der Waals surface area contributed by atoms with E-state index < -0.39 is 0 Å². The van der Waals surface area contributed by atoms with Gasteiger partial charge in [0.2, 0.25) is 0 Å². The standard InChI is InChI=1S/C11H15NOS/c1-2-12-11(13)10-5-3-4-9(8-10)6-7-14/h3-5,8,14H,2,6-7H2,1H3,(H,12,13). The molecule has 0 atom stereocenters. The van der Waals surface area contributed by atoms with Gasteiger partial charge in [-0.25, -0.2) is 0 Å². The molecule has 0 saturated heterocycles. The van der Waals surface area contributed by atoms with Gasteiger partial charge in [-0.1, -0.05) is 12.1 Å². The molecule has 1 N–H and O–H groups in total. The summed E-state index contributed by atoms with van der Waals surface area (Å²) in [6.45, 7) is 2.57. The SMILES string of the molecule is CCNC(=O)c1cccc(CCS)c1. The van der Waals surface area contributed by atoms with Crippen molar-refractivity contribution < 1.29 is 4.79 Å². The van der Waals surface area contributed by atoms with Crippen LogP contribution in [0, 0.1) is 0 Å². The molecule has 0 aliphatic carbocycles. The highest BCUT2D eigenvalue weighted by atomic mass is 32.1. The van der Waals surface area contributed by atoms with Crippen molar-refractivity contribution in [2.75, 3.05) is 12.3 Å². The van der Waals surface area contributed by atoms with E-state index in [0.717, 1.165) is 23.3 Å². The van der Waals surface area contributed by atoms with Gasteiger partial charge in [-0.2, -0.15) is 12.6 Å². The van der Waals surface area contributed by atoms with Crippen LogP contribution in [0.1, 0.15) is 22.8 Å². The molecule has 76 valence electrons. The zero-order valence-corrected chi connectivity index (χ0v) is 9.18. The number of hydrogen-bond acceptors (Lipinski definition) is 2. The van der Waals surface area contributed by atoms with Crippen molar-refractivity contribution in [1.82, 2.24) is 5.32 Å². The minimum atomic E-state index is -0.00601. The number of rotatable bonds is 4. The molecular formula is C11H15NOS. The fourth-order valence-corrected chi connectivity index (χ4v) is 1.52. The highest BCUT2D eigenvalue weighted by Gasteiger charge is 2.03. The van der Waals surface area contributed by atoms with Gasteiger partial charge < -0.3 is 5.32 Å². The molecule has 0 bridgehead atoms. The second kappa shape index (κ2) is 5.70. The molecular weight excluding hydrogens is 194 g/mol. The number of aryl methyl sites for hydroxylation is 1. The first-order chi connectivity index (χ1) is 6.77. The molecule has 0 fully saturated rings. The smallest absolute Gasteiger partial charge is 0.251 e. The Labute approximate surface area is 90.1 Å². The van der Waals surface area contributed by atoms with Crippen molar-refractivity contribution in [2.45, 2.75) is 13.3 Å². The summed E-state index contributed by atoms with van der Waals surface area (Å²) in [5, 5.41) is 2.77. The molecule has 0 radical (unpaired) electrons. The molecule has 14 heavy (non-hydrogen) atoms. The van der Waals surface area contributed by atoms with Crippen LogP contribution in [0.2, 0.25) is 0 Å². The third kappa shape index (κ3) is 3.07. The fraction of sp³-hybridized carbons (Fsp3) is 0.364. The summed E-state index contributed by atoms with van der Waals surface area (Å²) in [4.78, 5) is 11.5. The molecule has 0 spiro atoms. The Hall–Kier alpha value is -0.960. The lowest BCUT2D eigenvalue weighted by molar-refractivity contribution is 0.0955. The number of nitrogens with one attached hydrogen (secondary N) is 1. The van der Waals surface area contributed by atoms with Gasteiger partial charge in [0.15, 0.2) is 0 Å². The van der Waals surface area contributed by atoms with Crippen LogP contribution < -0.4 is 5.32 Å². The molecule has 1 aromatic carbocycles. The molecule has 1 amide bonds. The Bertz CT molecular complexity index is 312. The number of carbonyl (C=O) groups is 1. The Kier molecular flexibility index (Phi) is 4.53. The molecule has 3 heteroatoms. The molecule has 0 heterocycles. The van der Waals surface area contributed by atoms with Crippen molar-refractivity contribution in [2.24, 2.45) is 0 Å². The first-order valence-electron chi connectivity index (χ1n) is 4.76. The van der Waals surface area contributed by atoms with Gasteiger partial charge in [0.1, 0.15) is 0 Å². The van der Waals surface area contributed by atoms with Gasteiger partial charge in [0.25, 0.3) is 5.91 Å². The predicted molar refractivity (Wildman–Crippen MR) is 62.0 cm³/mol. The van der Waals surface area contributed by atoms with E-state index in [2.05, 4.69) is 17.9 Å². The third-order valence-electron chi connectivity index (χ3n) is 1.93. The first kappa shape index (κ1) is 11.1. The van der Waals surface area contributed by atoms with E-state index in [9.17, 15) is 4.79 Å². The summed E-state index contributed by atoms with van der Waals surface area (Å²) in [7, 11) is 0. The summed E-state index contributed by atoms with van der Waals surface area (Å²) in [5.41, 5.74) is 1.88. The molecule has 0 saturated carbocycles. The van der Waals surface area contributed by atoms with Crippen LogP contribution in [0.25, 0.3) is 0 Å². The molecule has 1 aromatic rings. The van der Waals surface area contributed by atoms with E-state index in [1.165, 1.54) is 0 Å². The molecule has 0 aromatic heterocycles. The molecule has 0 aliphatic heterocycles. The average molecular weight is 209 g/mol. The Morgan fingerprint density at radius 3 is 2.93 bits per heavy atom. The van der Waals surface area contributed by atoms with Crippen LogP contribution in [0.4, 0.5) is 0 Å². The van der Waals surface area contributed by atoms with Gasteiger partial charge in [0.05, 0.1) is 0 Å². The Morgan fingerprint density at radius 2 is 2.29 bits per heavy atom. The van der Waals surface area contributed by atoms with E-state index in [1.807, 2.05) is 31.2 Å². The monoisotopic (exact) mass is 209 g/mol. The van der Waals surface area contributed by atoms with Crippen LogP contribution in [0.5, 0.6) is 0 Å². The van der Waals surface area contributed by atoms with Crippen LogP contribution in [-0.4, -0.2) is 18.2 Å². The van der Waals surface area contributed by atoms with E-state index >= 15 is 0 Å². The van der Waals surface area contributed by atoms with Crippen LogP contribution in [0.3, 0.4) is 0 Å². The molecule has 1 rings (SSSR count). The quantitative estimate of drug-likeness (QED) is 0.729. The first-order valence-corrected chi connectivity index (χ1v) is 5.39. The lowest BCUT2D eigenvalue weighted by atomic mass is 10.1. The zero-order valence-electron chi connectivity index (χ0n) is 8.29. The minimum Gasteiger partial charge on any atom is -0.352 e. The van der Waals surface area contributed by atoms with Crippen molar-refractivity contribution >= 4 is 18.5 Å². The second-order valence-electron chi connectivity index (χ2n) is 3.03. The summed E-state index contributed by atoms with van der Waals surface area (Å²) in [5.74, 6) is 0.798. The highest BCUT2D eigenvalue weighted by Crippen LogP contribution is 2.06. The number of amides is 1. The van der Waals surface area contributed by atoms with Crippen molar-refractivity contribution in [1.29, 1.82) is 0 Å². The van der Waals surface area contributed by atoms with Crippen LogP contribution >= 0.6 is 12.6 Å². The van der Waals surface area contributed by atoms with E-state index in [4.69, 9.17) is 0 Å². The van der Waals surface area contributed by atoms with Crippen LogP contribution in [-0.2, 0) is 6.42 Å². The molecule has 0 unspecified atom stereocenters. The zero-order chi connectivity index (χ0) is 10.4. The van der Waals surface area contributed by atoms with Crippen molar-refractivity contribution in [3.05, 3.63) is 35.4 Å². The fourth-order valence-electron chi connectivity index (χ4n) is 1.26. The van der Waals surface area contributed by atoms with Gasteiger partial charge in [-0.05, 0) is 36.8 Å². The third-order valence-corrected chi connectivity index (χ3v) is 2.15. The second-order valence-corrected chi connectivity index (χ2v) is 3.48. The van der Waals surface area contributed by atoms with Gasteiger partial charge in [-0.15, -0.1) is 0 Å². The van der Waals surface area contributed by atoms with Gasteiger partial charge in [0, 0.05) is 12.1 Å². The van der Waals surface area contributed by atoms with E-state index in [1.54, 1.807) is 0 Å². The largest absolute Gasteiger partial charge is 0.352 e. The normalized spacial score (nSPS) is 9.86. The number of carbonyl (C=O) groups excluding carboxylic acids is 1. The summed E-state index contributed by atoms with van der Waals surface area (Å²) >= 11 is 4.16. The maximum Gasteiger partial charge on any atom is 0.251 e. The maximum absolute atomic E-state index is 11.5. The van der Waals surface area contributed by atoms with Crippen LogP contribution in [0.15, 0.2) is 24.3 Å². The van der Waals surface area contributed by atoms with Gasteiger partial charge >= 0.3 is 0 Å². The van der Waals surface area contributed by atoms with E-state index in [-0.39, 0.29) is 5.91 Å². The number of hydrogen-bond donors (Lipinski definition) is 2. The topological polar surface area (TPSA) is 29.1 Å². The molecule has 2 nitrogen and oxygen atoms in total. The molecule has 0 aliphatic rings. The lowest BCUT2D eigenvalue weighted by Crippen LogP contribution is -2.22. The maximum atomic E-state index is 11.5. The highest BCUT2D eigenvalue weighted by molar-refractivity contribution is 7.80. The number of thiol groups is 1. The summed E-state index contributed by atoms with van der Waals surface area (Å²) < 4.78 is 0. The summed E-state index contributed by atoms with van der Waals surface area (Å²) in [6.07, 6.45) is 0.899. The summed E-state index contributed by atoms with van der Waals surface area (Å²) in [6, 6.07) is 7.66. The Morgan fingerprint density at radius 1 is 1.50 bits per heavy atom. The predicted octanol–water partition coefficient (Wildman–Crippen LogP) is 1.91. The Balaban J connectivity index is 2.77. The lowest BCUT2D eigenvalue weighted by Gasteiger charge is -2.04. The minimum absolute atomic E-state index is 0.00601. The number of benzene rings is 1. The van der Waals surface area contributed by atoms with Crippen molar-refractivity contribution in [3.63, 3.8) is 0 Å². The van der Waals surface area contributed by atoms with Crippen molar-refractivity contribution in [3.8, 4) is 0 Å².